The van der Waals surface area contributed by atoms with Crippen LogP contribution >= 0.6 is 11.6 Å². The van der Waals surface area contributed by atoms with Crippen molar-refractivity contribution in [3.63, 3.8) is 0 Å². The molecule has 0 spiro atoms. The second-order valence-electron chi connectivity index (χ2n) is 4.36. The summed E-state index contributed by atoms with van der Waals surface area (Å²) in [6, 6.07) is 7.74. The highest BCUT2D eigenvalue weighted by molar-refractivity contribution is 6.30. The van der Waals surface area contributed by atoms with Gasteiger partial charge in [0.15, 0.2) is 0 Å². The molecule has 19 heavy (non-hydrogen) atoms. The Morgan fingerprint density at radius 2 is 2.26 bits per heavy atom. The molecule has 1 aromatic carbocycles. The van der Waals surface area contributed by atoms with Crippen LogP contribution in [0.2, 0.25) is 5.02 Å². The molecule has 0 aliphatic carbocycles. The maximum absolute atomic E-state index is 11.1. The van der Waals surface area contributed by atoms with Crippen molar-refractivity contribution in [2.75, 3.05) is 31.1 Å². The number of hydrogen-bond acceptors (Lipinski definition) is 3. The van der Waals surface area contributed by atoms with Crippen molar-refractivity contribution in [1.82, 2.24) is 5.32 Å². The lowest BCUT2D eigenvalue weighted by atomic mass is 10.2. The van der Waals surface area contributed by atoms with E-state index in [0.717, 1.165) is 23.8 Å². The van der Waals surface area contributed by atoms with E-state index < -0.39 is 0 Å². The Bertz CT molecular complexity index is 447. The van der Waals surface area contributed by atoms with Crippen molar-refractivity contribution in [2.24, 2.45) is 0 Å². The maximum atomic E-state index is 11.1. The molecule has 0 aromatic heterocycles. The largest absolute Gasteiger partial charge is 0.373 e. The third-order valence-electron chi connectivity index (χ3n) is 3.02. The van der Waals surface area contributed by atoms with Gasteiger partial charge in [0.1, 0.15) is 0 Å². The summed E-state index contributed by atoms with van der Waals surface area (Å²) in [5, 5.41) is 3.48. The van der Waals surface area contributed by atoms with E-state index in [9.17, 15) is 4.79 Å². The summed E-state index contributed by atoms with van der Waals surface area (Å²) in [6.45, 7) is 6.15. The number of carbonyl (C=O) groups excluding carboxylic acids is 1. The predicted octanol–water partition coefficient (Wildman–Crippen LogP) is 1.85. The zero-order valence-corrected chi connectivity index (χ0v) is 11.4. The SMILES string of the molecule is C=CC(=O)NCC1CN(c2ccc(Cl)cc2)CCO1. The van der Waals surface area contributed by atoms with Gasteiger partial charge in [-0.25, -0.2) is 0 Å². The van der Waals surface area contributed by atoms with Gasteiger partial charge in [-0.2, -0.15) is 0 Å². The number of nitrogens with zero attached hydrogens (tertiary/aromatic N) is 1. The fourth-order valence-corrected chi connectivity index (χ4v) is 2.14. The van der Waals surface area contributed by atoms with Gasteiger partial charge in [-0.05, 0) is 30.3 Å². The summed E-state index contributed by atoms with van der Waals surface area (Å²) >= 11 is 5.88. The number of hydrogen-bond donors (Lipinski definition) is 1. The molecule has 1 amide bonds. The molecule has 2 rings (SSSR count). The van der Waals surface area contributed by atoms with Gasteiger partial charge in [0, 0.05) is 30.3 Å². The van der Waals surface area contributed by atoms with Crippen LogP contribution in [0.5, 0.6) is 0 Å². The fraction of sp³-hybridized carbons (Fsp3) is 0.357. The third-order valence-corrected chi connectivity index (χ3v) is 3.27. The van der Waals surface area contributed by atoms with Crippen molar-refractivity contribution in [3.05, 3.63) is 41.9 Å². The minimum absolute atomic E-state index is 0.00618. The van der Waals surface area contributed by atoms with E-state index in [0.29, 0.717) is 13.2 Å². The van der Waals surface area contributed by atoms with Crippen LogP contribution in [-0.2, 0) is 9.53 Å². The lowest BCUT2D eigenvalue weighted by Crippen LogP contribution is -2.47. The lowest BCUT2D eigenvalue weighted by molar-refractivity contribution is -0.117. The average molecular weight is 281 g/mol. The molecule has 0 radical (unpaired) electrons. The molecule has 1 unspecified atom stereocenters. The van der Waals surface area contributed by atoms with E-state index in [4.69, 9.17) is 16.3 Å². The van der Waals surface area contributed by atoms with Crippen LogP contribution in [0.4, 0.5) is 5.69 Å². The number of ether oxygens (including phenoxy) is 1. The normalized spacial score (nSPS) is 19.0. The summed E-state index contributed by atoms with van der Waals surface area (Å²) < 4.78 is 5.63. The van der Waals surface area contributed by atoms with Crippen molar-refractivity contribution in [3.8, 4) is 0 Å². The first-order chi connectivity index (χ1) is 9.19. The molecule has 0 saturated carbocycles. The second kappa shape index (κ2) is 6.59. The van der Waals surface area contributed by atoms with Crippen LogP contribution < -0.4 is 10.2 Å². The molecule has 1 aliphatic heterocycles. The number of morpholine rings is 1. The van der Waals surface area contributed by atoms with Gasteiger partial charge < -0.3 is 15.0 Å². The van der Waals surface area contributed by atoms with E-state index in [1.807, 2.05) is 24.3 Å². The van der Waals surface area contributed by atoms with Crippen LogP contribution in [0.3, 0.4) is 0 Å². The monoisotopic (exact) mass is 280 g/mol. The van der Waals surface area contributed by atoms with Crippen LogP contribution in [0.25, 0.3) is 0 Å². The molecular formula is C14H17ClN2O2. The summed E-state index contributed by atoms with van der Waals surface area (Å²) in [5.74, 6) is -0.174. The number of rotatable bonds is 4. The van der Waals surface area contributed by atoms with Gasteiger partial charge in [-0.15, -0.1) is 0 Å². The Balaban J connectivity index is 1.91. The number of nitrogens with one attached hydrogen (secondary N) is 1. The molecule has 1 atom stereocenters. The van der Waals surface area contributed by atoms with Gasteiger partial charge in [0.2, 0.25) is 5.91 Å². The van der Waals surface area contributed by atoms with Gasteiger partial charge in [-0.3, -0.25) is 4.79 Å². The predicted molar refractivity (Wildman–Crippen MR) is 76.6 cm³/mol. The highest BCUT2D eigenvalue weighted by Crippen LogP contribution is 2.20. The number of halogens is 1. The van der Waals surface area contributed by atoms with E-state index in [1.54, 1.807) is 0 Å². The quantitative estimate of drug-likeness (QED) is 0.856. The molecule has 1 fully saturated rings. The molecule has 102 valence electrons. The Morgan fingerprint density at radius 3 is 2.95 bits per heavy atom. The van der Waals surface area contributed by atoms with E-state index in [1.165, 1.54) is 6.08 Å². The van der Waals surface area contributed by atoms with Crippen molar-refractivity contribution in [1.29, 1.82) is 0 Å². The third kappa shape index (κ3) is 3.98. The Labute approximate surface area is 118 Å². The van der Waals surface area contributed by atoms with Gasteiger partial charge in [-0.1, -0.05) is 18.2 Å². The maximum Gasteiger partial charge on any atom is 0.243 e. The Hall–Kier alpha value is -1.52. The summed E-state index contributed by atoms with van der Waals surface area (Å²) in [6.07, 6.45) is 1.26. The second-order valence-corrected chi connectivity index (χ2v) is 4.80. The number of carbonyl (C=O) groups is 1. The van der Waals surface area contributed by atoms with E-state index >= 15 is 0 Å². The first-order valence-electron chi connectivity index (χ1n) is 6.21. The topological polar surface area (TPSA) is 41.6 Å². The fourth-order valence-electron chi connectivity index (χ4n) is 2.02. The van der Waals surface area contributed by atoms with Gasteiger partial charge in [0.05, 0.1) is 12.7 Å². The standard InChI is InChI=1S/C14H17ClN2O2/c1-2-14(18)16-9-13-10-17(7-8-19-13)12-5-3-11(15)4-6-12/h2-6,13H,1,7-10H2,(H,16,18). The average Bonchev–Trinajstić information content (AvgIpc) is 2.46. The molecule has 1 aromatic rings. The van der Waals surface area contributed by atoms with Crippen LogP contribution in [0.15, 0.2) is 36.9 Å². The number of amides is 1. The zero-order valence-electron chi connectivity index (χ0n) is 10.6. The van der Waals surface area contributed by atoms with Gasteiger partial charge >= 0.3 is 0 Å². The number of benzene rings is 1. The first-order valence-corrected chi connectivity index (χ1v) is 6.59. The van der Waals surface area contributed by atoms with E-state index in [2.05, 4.69) is 16.8 Å². The Morgan fingerprint density at radius 1 is 1.53 bits per heavy atom. The smallest absolute Gasteiger partial charge is 0.243 e. The molecule has 5 heteroatoms. The molecule has 0 bridgehead atoms. The first kappa shape index (κ1) is 13.9. The van der Waals surface area contributed by atoms with Crippen molar-refractivity contribution < 1.29 is 9.53 Å². The van der Waals surface area contributed by atoms with Gasteiger partial charge in [0.25, 0.3) is 0 Å². The Kier molecular flexibility index (Phi) is 4.82. The molecule has 1 saturated heterocycles. The molecule has 4 nitrogen and oxygen atoms in total. The highest BCUT2D eigenvalue weighted by atomic mass is 35.5. The molecule has 1 aliphatic rings. The van der Waals surface area contributed by atoms with Crippen molar-refractivity contribution in [2.45, 2.75) is 6.10 Å². The zero-order chi connectivity index (χ0) is 13.7. The number of anilines is 1. The van der Waals surface area contributed by atoms with Crippen LogP contribution in [0.1, 0.15) is 0 Å². The summed E-state index contributed by atoms with van der Waals surface area (Å²) in [4.78, 5) is 13.4. The molecule has 1 heterocycles. The summed E-state index contributed by atoms with van der Waals surface area (Å²) in [7, 11) is 0. The lowest BCUT2D eigenvalue weighted by Gasteiger charge is -2.34. The highest BCUT2D eigenvalue weighted by Gasteiger charge is 2.20. The minimum atomic E-state index is -0.174. The molecule has 1 N–H and O–H groups in total. The molecular weight excluding hydrogens is 264 g/mol. The summed E-state index contributed by atoms with van der Waals surface area (Å²) in [5.41, 5.74) is 1.12. The van der Waals surface area contributed by atoms with Crippen LogP contribution in [0, 0.1) is 0 Å². The van der Waals surface area contributed by atoms with Crippen LogP contribution in [-0.4, -0.2) is 38.3 Å². The van der Waals surface area contributed by atoms with E-state index in [-0.39, 0.29) is 12.0 Å². The minimum Gasteiger partial charge on any atom is -0.373 e. The van der Waals surface area contributed by atoms with Crippen molar-refractivity contribution >= 4 is 23.2 Å².